The van der Waals surface area contributed by atoms with Crippen LogP contribution >= 0.6 is 0 Å². The number of aliphatic carboxylic acids is 1. The first-order valence-electron chi connectivity index (χ1n) is 10.2. The number of methoxy groups -OCH3 is 1. The standard InChI is InChI=1S/C20H31NO12/c1-7(2)18(28)30-6-10-13(24)16(11(21-9(4)22)19(29-5)31-10)33-20-14(25)12(23)8(3)15(32-20)17(26)27/h8,10-16,19-20,23-25H,1,6H2,2-5H3,(H,21,22)(H,26,27)/t8-,10?,11?,12?,13?,14?,15?,16?,19?,20?/m0/s1. The molecule has 2 aliphatic rings. The summed E-state index contributed by atoms with van der Waals surface area (Å²) in [6.45, 7) is 7.06. The quantitative estimate of drug-likeness (QED) is 0.189. The number of esters is 1. The normalized spacial score (nSPS) is 38.9. The molecule has 0 saturated carbocycles. The van der Waals surface area contributed by atoms with E-state index >= 15 is 0 Å². The highest BCUT2D eigenvalue weighted by molar-refractivity contribution is 5.86. The van der Waals surface area contributed by atoms with Gasteiger partial charge < -0.3 is 49.4 Å². The summed E-state index contributed by atoms with van der Waals surface area (Å²) in [6.07, 6.45) is -11.7. The number of carbonyl (C=O) groups is 3. The zero-order valence-corrected chi connectivity index (χ0v) is 18.7. The molecule has 0 bridgehead atoms. The number of hydrogen-bond acceptors (Lipinski definition) is 11. The Balaban J connectivity index is 2.30. The maximum absolute atomic E-state index is 11.8. The second-order valence-electron chi connectivity index (χ2n) is 8.08. The van der Waals surface area contributed by atoms with E-state index in [1.54, 1.807) is 0 Å². The summed E-state index contributed by atoms with van der Waals surface area (Å²) >= 11 is 0. The summed E-state index contributed by atoms with van der Waals surface area (Å²) in [5, 5.41) is 43.5. The number of ether oxygens (including phenoxy) is 5. The van der Waals surface area contributed by atoms with Crippen molar-refractivity contribution in [1.82, 2.24) is 5.32 Å². The number of carbonyl (C=O) groups excluding carboxylic acids is 2. The molecule has 0 aromatic rings. The van der Waals surface area contributed by atoms with Gasteiger partial charge in [0.1, 0.15) is 37.1 Å². The lowest BCUT2D eigenvalue weighted by Gasteiger charge is -2.47. The summed E-state index contributed by atoms with van der Waals surface area (Å²) in [4.78, 5) is 35.0. The van der Waals surface area contributed by atoms with Crippen LogP contribution in [0.1, 0.15) is 20.8 Å². The van der Waals surface area contributed by atoms with Gasteiger partial charge in [0.2, 0.25) is 5.91 Å². The molecule has 2 aliphatic heterocycles. The van der Waals surface area contributed by atoms with Crippen LogP contribution in [0.5, 0.6) is 0 Å². The van der Waals surface area contributed by atoms with E-state index in [0.29, 0.717) is 0 Å². The van der Waals surface area contributed by atoms with Gasteiger partial charge in [0.05, 0.1) is 6.10 Å². The molecule has 0 radical (unpaired) electrons. The average Bonchev–Trinajstić information content (AvgIpc) is 2.74. The van der Waals surface area contributed by atoms with Crippen molar-refractivity contribution in [2.24, 2.45) is 5.92 Å². The van der Waals surface area contributed by atoms with Crippen LogP contribution in [0.2, 0.25) is 0 Å². The summed E-state index contributed by atoms with van der Waals surface area (Å²) in [5.74, 6) is -3.59. The number of aliphatic hydroxyl groups is 3. The Labute approximate surface area is 190 Å². The molecule has 5 N–H and O–H groups in total. The molecule has 2 saturated heterocycles. The van der Waals surface area contributed by atoms with Gasteiger partial charge in [0.25, 0.3) is 0 Å². The Bertz CT molecular complexity index is 745. The lowest BCUT2D eigenvalue weighted by molar-refractivity contribution is -0.333. The summed E-state index contributed by atoms with van der Waals surface area (Å²) in [6, 6.07) is -1.13. The molecule has 188 valence electrons. The molecule has 0 aromatic carbocycles. The lowest BCUT2D eigenvalue weighted by atomic mass is 9.90. The Kier molecular flexibility index (Phi) is 9.31. The first-order valence-corrected chi connectivity index (χ1v) is 10.2. The second kappa shape index (κ2) is 11.3. The van der Waals surface area contributed by atoms with Gasteiger partial charge in [-0.1, -0.05) is 13.5 Å². The number of nitrogens with one attached hydrogen (secondary N) is 1. The van der Waals surface area contributed by atoms with Crippen LogP contribution in [0, 0.1) is 5.92 Å². The van der Waals surface area contributed by atoms with Crippen LogP contribution in [0.3, 0.4) is 0 Å². The van der Waals surface area contributed by atoms with Crippen LogP contribution < -0.4 is 5.32 Å². The third-order valence-electron chi connectivity index (χ3n) is 5.46. The highest BCUT2D eigenvalue weighted by Gasteiger charge is 2.52. The monoisotopic (exact) mass is 477 g/mol. The summed E-state index contributed by atoms with van der Waals surface area (Å²) in [7, 11) is 1.27. The fraction of sp³-hybridized carbons (Fsp3) is 0.750. The summed E-state index contributed by atoms with van der Waals surface area (Å²) < 4.78 is 27.0. The minimum Gasteiger partial charge on any atom is -0.479 e. The zero-order valence-electron chi connectivity index (χ0n) is 18.7. The van der Waals surface area contributed by atoms with Crippen molar-refractivity contribution in [3.8, 4) is 0 Å². The van der Waals surface area contributed by atoms with E-state index in [1.165, 1.54) is 27.9 Å². The van der Waals surface area contributed by atoms with Gasteiger partial charge in [-0.2, -0.15) is 0 Å². The summed E-state index contributed by atoms with van der Waals surface area (Å²) in [5.41, 5.74) is 0.120. The second-order valence-corrected chi connectivity index (χ2v) is 8.08. The van der Waals surface area contributed by atoms with Gasteiger partial charge in [-0.05, 0) is 6.92 Å². The Hall–Kier alpha value is -2.13. The predicted molar refractivity (Wildman–Crippen MR) is 107 cm³/mol. The number of carboxylic acid groups (broad SMARTS) is 1. The Morgan fingerprint density at radius 2 is 1.67 bits per heavy atom. The van der Waals surface area contributed by atoms with Crippen molar-refractivity contribution in [3.63, 3.8) is 0 Å². The van der Waals surface area contributed by atoms with Crippen molar-refractivity contribution >= 4 is 17.8 Å². The molecule has 0 aromatic heterocycles. The lowest BCUT2D eigenvalue weighted by Crippen LogP contribution is -2.67. The van der Waals surface area contributed by atoms with E-state index in [0.717, 1.165) is 0 Å². The van der Waals surface area contributed by atoms with Gasteiger partial charge in [-0.25, -0.2) is 9.59 Å². The number of aliphatic hydroxyl groups excluding tert-OH is 3. The number of rotatable bonds is 8. The third kappa shape index (κ3) is 6.26. The fourth-order valence-corrected chi connectivity index (χ4v) is 3.64. The van der Waals surface area contributed by atoms with Gasteiger partial charge >= 0.3 is 11.9 Å². The first-order chi connectivity index (χ1) is 15.4. The Morgan fingerprint density at radius 1 is 1.03 bits per heavy atom. The minimum atomic E-state index is -1.68. The molecule has 13 nitrogen and oxygen atoms in total. The first kappa shape index (κ1) is 27.1. The minimum absolute atomic E-state index is 0.120. The molecule has 2 fully saturated rings. The van der Waals surface area contributed by atoms with Crippen molar-refractivity contribution < 1.29 is 58.5 Å². The van der Waals surface area contributed by atoms with E-state index < -0.39 is 85.6 Å². The molecule has 33 heavy (non-hydrogen) atoms. The number of amides is 1. The van der Waals surface area contributed by atoms with E-state index in [2.05, 4.69) is 11.9 Å². The van der Waals surface area contributed by atoms with Crippen molar-refractivity contribution in [3.05, 3.63) is 12.2 Å². The predicted octanol–water partition coefficient (Wildman–Crippen LogP) is -2.10. The van der Waals surface area contributed by atoms with Gasteiger partial charge in [-0.3, -0.25) is 4.79 Å². The SMILES string of the molecule is C=C(C)C(=O)OCC1OC(OC)C(NC(C)=O)C(OC2OC(C(=O)O)[C@@H](C)C(O)C2O)C1O. The molecule has 13 heteroatoms. The van der Waals surface area contributed by atoms with Gasteiger partial charge in [0, 0.05) is 25.5 Å². The maximum Gasteiger partial charge on any atom is 0.333 e. The van der Waals surface area contributed by atoms with Crippen molar-refractivity contribution in [1.29, 1.82) is 0 Å². The molecular weight excluding hydrogens is 446 g/mol. The van der Waals surface area contributed by atoms with E-state index in [1.807, 2.05) is 0 Å². The van der Waals surface area contributed by atoms with Crippen LogP contribution in [0.4, 0.5) is 0 Å². The number of hydrogen-bond donors (Lipinski definition) is 5. The molecule has 0 spiro atoms. The third-order valence-corrected chi connectivity index (χ3v) is 5.46. The molecule has 1 amide bonds. The van der Waals surface area contributed by atoms with E-state index in [-0.39, 0.29) is 5.57 Å². The molecule has 2 heterocycles. The smallest absolute Gasteiger partial charge is 0.333 e. The van der Waals surface area contributed by atoms with Crippen molar-refractivity contribution in [2.75, 3.05) is 13.7 Å². The van der Waals surface area contributed by atoms with E-state index in [4.69, 9.17) is 23.7 Å². The van der Waals surface area contributed by atoms with Gasteiger partial charge in [-0.15, -0.1) is 0 Å². The maximum atomic E-state index is 11.8. The topological polar surface area (TPSA) is 190 Å². The fourth-order valence-electron chi connectivity index (χ4n) is 3.64. The molecule has 10 atom stereocenters. The van der Waals surface area contributed by atoms with Crippen molar-refractivity contribution in [2.45, 2.75) is 76.0 Å². The van der Waals surface area contributed by atoms with Crippen LogP contribution in [0.25, 0.3) is 0 Å². The highest BCUT2D eigenvalue weighted by atomic mass is 16.7. The molecular formula is C20H31NO12. The van der Waals surface area contributed by atoms with E-state index in [9.17, 15) is 34.8 Å². The Morgan fingerprint density at radius 3 is 2.18 bits per heavy atom. The van der Waals surface area contributed by atoms with Crippen LogP contribution in [-0.4, -0.2) is 107 Å². The molecule has 9 unspecified atom stereocenters. The highest BCUT2D eigenvalue weighted by Crippen LogP contribution is 2.31. The van der Waals surface area contributed by atoms with Crippen LogP contribution in [0.15, 0.2) is 12.2 Å². The number of carboxylic acids is 1. The molecule has 0 aliphatic carbocycles. The molecule has 2 rings (SSSR count). The van der Waals surface area contributed by atoms with Crippen LogP contribution in [-0.2, 0) is 38.1 Å². The zero-order chi connectivity index (χ0) is 25.0. The van der Waals surface area contributed by atoms with Gasteiger partial charge in [0.15, 0.2) is 18.7 Å². The largest absolute Gasteiger partial charge is 0.479 e. The average molecular weight is 477 g/mol.